The molecular weight excluding hydrogens is 1440 g/mol. The minimum atomic E-state index is -2.01. The van der Waals surface area contributed by atoms with Crippen LogP contribution in [0.4, 0.5) is 14.9 Å². The Morgan fingerprint density at radius 3 is 1.81 bits per heavy atom. The first kappa shape index (κ1) is 90.1. The number of likely N-dealkylation sites (N-methyl/N-ethyl adjacent to an activating group) is 1. The summed E-state index contributed by atoms with van der Waals surface area (Å²) in [6.07, 6.45) is -6.74. The number of aromatic amines is 1. The van der Waals surface area contributed by atoms with E-state index in [1.165, 1.54) is 12.1 Å². The summed E-state index contributed by atoms with van der Waals surface area (Å²) in [5, 5.41) is 61.7. The fourth-order valence-corrected chi connectivity index (χ4v) is 12.2. The Kier molecular flexibility index (Phi) is 36.2. The number of aliphatic carboxylic acids is 1. The number of rotatable bonds is 33. The molecule has 1 aromatic heterocycles. The number of aromatic nitrogens is 1. The fourth-order valence-electron chi connectivity index (χ4n) is 12.2. The maximum absolute atomic E-state index is 14.9. The third-order valence-electron chi connectivity index (χ3n) is 18.3. The van der Waals surface area contributed by atoms with Crippen LogP contribution in [-0.2, 0) is 68.7 Å². The smallest absolute Gasteiger partial charge is 0.409 e. The number of alkyl carbamates (subject to hydrolysis) is 1. The molecule has 1 fully saturated rings. The summed E-state index contributed by atoms with van der Waals surface area (Å²) in [5.41, 5.74) is 26.0. The molecule has 13 amide bonds. The lowest BCUT2D eigenvalue weighted by Crippen LogP contribution is -2.62. The van der Waals surface area contributed by atoms with E-state index in [0.29, 0.717) is 41.2 Å². The molecule has 0 saturated carbocycles. The number of hydrogen-bond donors (Lipinski definition) is 20. The van der Waals surface area contributed by atoms with Gasteiger partial charge >= 0.3 is 12.1 Å². The van der Waals surface area contributed by atoms with Crippen molar-refractivity contribution in [1.82, 2.24) is 73.7 Å². The highest BCUT2D eigenvalue weighted by atomic mass is 19.1. The summed E-state index contributed by atoms with van der Waals surface area (Å²) < 4.78 is 20.3. The van der Waals surface area contributed by atoms with Gasteiger partial charge in [0.25, 0.3) is 11.8 Å². The van der Waals surface area contributed by atoms with E-state index in [1.54, 1.807) is 58.0 Å². The maximum Gasteiger partial charge on any atom is 0.409 e. The lowest BCUT2D eigenvalue weighted by Gasteiger charge is -2.29. The van der Waals surface area contributed by atoms with Crippen molar-refractivity contribution in [3.63, 3.8) is 0 Å². The molecule has 0 radical (unpaired) electrons. The quantitative estimate of drug-likeness (QED) is 0.0258. The number of amides is 13. The van der Waals surface area contributed by atoms with Gasteiger partial charge in [0.1, 0.15) is 66.2 Å². The Morgan fingerprint density at radius 1 is 0.682 bits per heavy atom. The first-order chi connectivity index (χ1) is 52.2. The van der Waals surface area contributed by atoms with E-state index in [9.17, 15) is 86.8 Å². The van der Waals surface area contributed by atoms with Crippen LogP contribution in [0.3, 0.4) is 0 Å². The van der Waals surface area contributed by atoms with E-state index in [0.717, 1.165) is 44.0 Å². The number of benzene rings is 2. The largest absolute Gasteiger partial charge is 0.481 e. The van der Waals surface area contributed by atoms with E-state index in [1.807, 2.05) is 13.8 Å². The molecule has 110 heavy (non-hydrogen) atoms. The molecule has 12 atom stereocenters. The number of carboxylic acid groups (broad SMARTS) is 1. The average molecular weight is 1550 g/mol. The molecule has 606 valence electrons. The van der Waals surface area contributed by atoms with Crippen molar-refractivity contribution < 1.29 is 91.6 Å². The number of H-pyrrole nitrogens is 1. The van der Waals surface area contributed by atoms with Crippen LogP contribution < -0.4 is 91.6 Å². The van der Waals surface area contributed by atoms with Crippen molar-refractivity contribution in [3.05, 3.63) is 88.0 Å². The number of nitrogens with zero attached hydrogens (tertiary/aromatic N) is 2. The topological polar surface area (TPSA) is 580 Å². The first-order valence-corrected chi connectivity index (χ1v) is 36.6. The highest BCUT2D eigenvalue weighted by molar-refractivity contribution is 6.36. The number of nitrogens with two attached hydrogens (primary N) is 4. The molecule has 24 N–H and O–H groups in total. The lowest BCUT2D eigenvalue weighted by atomic mass is 10.00. The highest BCUT2D eigenvalue weighted by Gasteiger charge is 2.40. The predicted molar refractivity (Wildman–Crippen MR) is 400 cm³/mol. The first-order valence-electron chi connectivity index (χ1n) is 36.6. The van der Waals surface area contributed by atoms with Crippen LogP contribution in [0.1, 0.15) is 131 Å². The zero-order valence-corrected chi connectivity index (χ0v) is 63.2. The van der Waals surface area contributed by atoms with Gasteiger partial charge in [-0.25, -0.2) is 9.18 Å². The van der Waals surface area contributed by atoms with Crippen LogP contribution in [0.15, 0.2) is 48.5 Å². The summed E-state index contributed by atoms with van der Waals surface area (Å²) >= 11 is 0. The maximum atomic E-state index is 14.9. The second-order valence-corrected chi connectivity index (χ2v) is 27.2. The van der Waals surface area contributed by atoms with Crippen molar-refractivity contribution in [2.45, 2.75) is 186 Å². The van der Waals surface area contributed by atoms with Gasteiger partial charge in [0, 0.05) is 49.4 Å². The Labute approximate surface area is 636 Å². The van der Waals surface area contributed by atoms with Crippen LogP contribution in [0, 0.1) is 25.6 Å². The summed E-state index contributed by atoms with van der Waals surface area (Å²) in [5.74, 6) is -14.1. The van der Waals surface area contributed by atoms with Crippen molar-refractivity contribution in [2.75, 3.05) is 70.5 Å². The molecule has 5 rings (SSSR count). The van der Waals surface area contributed by atoms with Gasteiger partial charge in [0.2, 0.25) is 59.1 Å². The van der Waals surface area contributed by atoms with Gasteiger partial charge in [0.05, 0.1) is 29.0 Å². The van der Waals surface area contributed by atoms with Crippen LogP contribution in [0.2, 0.25) is 0 Å². The average Bonchev–Trinajstić information content (AvgIpc) is 1.61. The Bertz CT molecular complexity index is 3760. The number of halogens is 1. The normalized spacial score (nSPS) is 20.9. The van der Waals surface area contributed by atoms with Crippen LogP contribution in [-0.4, -0.2) is 246 Å². The number of anilines is 1. The van der Waals surface area contributed by atoms with Gasteiger partial charge < -0.3 is 117 Å². The second-order valence-electron chi connectivity index (χ2n) is 27.2. The molecule has 2 aromatic carbocycles. The van der Waals surface area contributed by atoms with Gasteiger partial charge in [-0.2, -0.15) is 0 Å². The van der Waals surface area contributed by atoms with E-state index < -0.39 is 194 Å². The Hall–Kier alpha value is -10.5. The van der Waals surface area contributed by atoms with E-state index in [-0.39, 0.29) is 86.9 Å². The number of fused-ring (bicyclic) bond motifs is 1. The number of aliphatic hydroxyl groups is 2. The van der Waals surface area contributed by atoms with Crippen LogP contribution in [0.5, 0.6) is 0 Å². The third kappa shape index (κ3) is 26.7. The summed E-state index contributed by atoms with van der Waals surface area (Å²) in [7, 11) is 0. The minimum Gasteiger partial charge on any atom is -0.481 e. The van der Waals surface area contributed by atoms with Crippen LogP contribution >= 0.6 is 0 Å². The number of nitrogens with one attached hydrogen (secondary N) is 13. The molecule has 0 aliphatic carbocycles. The van der Waals surface area contributed by atoms with E-state index >= 15 is 0 Å². The monoisotopic (exact) mass is 1550 g/mol. The van der Waals surface area contributed by atoms with Crippen LogP contribution in [0.25, 0.3) is 11.6 Å². The number of carbonyl (C=O) groups is 14. The molecule has 0 unspecified atom stereocenters. The summed E-state index contributed by atoms with van der Waals surface area (Å²) in [6, 6.07) is -4.68. The predicted octanol–water partition coefficient (Wildman–Crippen LogP) is -4.02. The molecule has 2 aliphatic heterocycles. The van der Waals surface area contributed by atoms with Crippen molar-refractivity contribution in [2.24, 2.45) is 28.9 Å². The van der Waals surface area contributed by atoms with Gasteiger partial charge in [-0.15, -0.1) is 0 Å². The minimum absolute atomic E-state index is 0.0000950. The Balaban J connectivity index is 1.41. The molecule has 0 spiro atoms. The van der Waals surface area contributed by atoms with Crippen molar-refractivity contribution in [3.8, 4) is 0 Å². The number of hydrogen-bond acceptors (Lipinski definition) is 22. The molecule has 37 nitrogen and oxygen atoms in total. The number of carbonyl (C=O) groups excluding carboxylic acids is 13. The molecule has 3 heterocycles. The third-order valence-corrected chi connectivity index (χ3v) is 18.3. The zero-order valence-electron chi connectivity index (χ0n) is 63.2. The van der Waals surface area contributed by atoms with Gasteiger partial charge in [-0.3, -0.25) is 67.2 Å². The molecule has 2 aliphatic rings. The second kappa shape index (κ2) is 44.2. The molecule has 1 saturated heterocycles. The Morgan fingerprint density at radius 2 is 1.25 bits per heavy atom. The number of carboxylic acids is 1. The van der Waals surface area contributed by atoms with Gasteiger partial charge in [-0.05, 0) is 153 Å². The summed E-state index contributed by atoms with van der Waals surface area (Å²) in [4.78, 5) is 202. The van der Waals surface area contributed by atoms with Gasteiger partial charge in [0.15, 0.2) is 6.73 Å². The number of ether oxygens (including phenoxy) is 1. The summed E-state index contributed by atoms with van der Waals surface area (Å²) in [6.45, 7) is 13.3. The lowest BCUT2D eigenvalue weighted by molar-refractivity contribution is -0.138. The number of aliphatic hydroxyl groups excluding tert-OH is 2. The highest BCUT2D eigenvalue weighted by Crippen LogP contribution is 2.39. The zero-order chi connectivity index (χ0) is 81.6. The van der Waals surface area contributed by atoms with Gasteiger partial charge in [-0.1, -0.05) is 58.0 Å². The SMILES string of the molecule is CCN(CC)CCNC(=O)c1c(C)[nH]c(/C=C2\C(=O)N(COC(=O)N[C@@H](CCC(=O)O)C(=O)N[C@H](C(=O)N[C@@H](CCN)C(=O)N[C@H]3CCNC(=O)[C@H]([C@@H](C)O)NC(=O)[C@H](CCN)NC(=O)[C@H](CCN)NC(=O)[C@H](CC(C)C)NC(=O)[C@@H](Cc4ccccc4)NC(=O)[C@H](CCN)NC3=O)[C@@H](C)O)c3ccc(F)cc32)c1C. The molecule has 3 aromatic rings. The van der Waals surface area contributed by atoms with E-state index in [2.05, 4.69) is 73.7 Å². The van der Waals surface area contributed by atoms with Crippen molar-refractivity contribution in [1.29, 1.82) is 0 Å². The molecule has 38 heteroatoms. The number of aryl methyl sites for hydroxylation is 1. The fraction of sp³-hybridized carbons (Fsp3) is 0.556. The standard InChI is InChI=1S/C72H108FN19O18/c1-9-91(10-2)31-30-79-68(105)57-38(5)52(80-39(57)6)35-45-44-34-43(73)16-18-55(44)92(71(45)108)36-110-72(109)88-46(17-19-56(95)96)64(101)90-59(41(8)94)70(107)85-49(22-27-76)61(98)84-51-24-29-78-69(106)58(40(7)93)89-65(102)50(23-28-77)82-60(97)47(20-25-74)83-66(103)53(32-37(3)4)86-67(104)54(33-42-14-12-11-13-15-42)87-62(99)48(21-26-75)81-63(51)100/h11-16,18,34-35,37,40-41,46-51,53-54,58-59,80,93-94H,9-10,17,19-33,36,74-77H2,1-8H3,(H,78,106)(H,79,105)(H,81,100)(H,82,97)(H,83,103)(H,84,98)(H,85,107)(H,86,104)(H,87,99)(H,88,109)(H,89,102)(H,90,101)(H,95,96)/b45-35-/t40-,41-,46+,47+,48+,49+,50+,51+,53+,54-,58+,59+/m1/s1. The van der Waals surface area contributed by atoms with E-state index in [4.69, 9.17) is 27.7 Å². The molecular formula is C72H108FN19O18. The molecule has 0 bridgehead atoms. The van der Waals surface area contributed by atoms with Crippen molar-refractivity contribution >= 4 is 100 Å².